The third-order valence-corrected chi connectivity index (χ3v) is 3.18. The first-order chi connectivity index (χ1) is 10.5. The van der Waals surface area contributed by atoms with Gasteiger partial charge >= 0.3 is 12.1 Å². The Morgan fingerprint density at radius 1 is 1.04 bits per heavy atom. The molecule has 0 spiro atoms. The minimum atomic E-state index is -6.18. The summed E-state index contributed by atoms with van der Waals surface area (Å²) in [6, 6.07) is 5.02. The Morgan fingerprint density at radius 3 is 2.13 bits per heavy atom. The standard InChI is InChI=1S/C13H8F5NO4/c14-12(15,13(16,17)18)11(20,10-6-3-7-23-10)8-4-1-2-5-9(8)19(21)22/h1-7,20H. The minimum Gasteiger partial charge on any atom is -0.466 e. The van der Waals surface area contributed by atoms with Crippen LogP contribution in [0.2, 0.25) is 0 Å². The number of nitro groups is 1. The molecule has 5 nitrogen and oxygen atoms in total. The number of aliphatic hydroxyl groups is 1. The Morgan fingerprint density at radius 2 is 1.65 bits per heavy atom. The summed E-state index contributed by atoms with van der Waals surface area (Å²) in [5, 5.41) is 21.2. The maximum absolute atomic E-state index is 14.0. The summed E-state index contributed by atoms with van der Waals surface area (Å²) in [5.41, 5.74) is -6.43. The monoisotopic (exact) mass is 337 g/mol. The van der Waals surface area contributed by atoms with Crippen molar-refractivity contribution in [3.05, 3.63) is 64.1 Å². The number of rotatable bonds is 4. The van der Waals surface area contributed by atoms with Gasteiger partial charge in [0.05, 0.1) is 16.7 Å². The highest BCUT2D eigenvalue weighted by molar-refractivity contribution is 5.49. The quantitative estimate of drug-likeness (QED) is 0.525. The fourth-order valence-electron chi connectivity index (χ4n) is 2.08. The summed E-state index contributed by atoms with van der Waals surface area (Å²) >= 11 is 0. The molecule has 0 aliphatic heterocycles. The maximum atomic E-state index is 14.0. The molecule has 0 amide bonds. The molecule has 2 aromatic rings. The predicted molar refractivity (Wildman–Crippen MR) is 65.8 cm³/mol. The lowest BCUT2D eigenvalue weighted by molar-refractivity contribution is -0.390. The lowest BCUT2D eigenvalue weighted by Gasteiger charge is -2.35. The minimum absolute atomic E-state index is 0.611. The number of benzene rings is 1. The van der Waals surface area contributed by atoms with Gasteiger partial charge in [-0.15, -0.1) is 0 Å². The highest BCUT2D eigenvalue weighted by Crippen LogP contribution is 2.53. The SMILES string of the molecule is O=[N+]([O-])c1ccccc1C(O)(c1ccco1)C(F)(F)C(F)(F)F. The Hall–Kier alpha value is -2.49. The molecule has 2 rings (SSSR count). The van der Waals surface area contributed by atoms with Crippen LogP contribution in [0, 0.1) is 10.1 Å². The van der Waals surface area contributed by atoms with Crippen LogP contribution in [-0.2, 0) is 5.60 Å². The first kappa shape index (κ1) is 16.9. The second-order valence-electron chi connectivity index (χ2n) is 4.53. The normalized spacial score (nSPS) is 15.2. The van der Waals surface area contributed by atoms with Crippen LogP contribution in [0.5, 0.6) is 0 Å². The van der Waals surface area contributed by atoms with E-state index in [1.165, 1.54) is 0 Å². The average molecular weight is 337 g/mol. The molecule has 124 valence electrons. The van der Waals surface area contributed by atoms with E-state index in [-0.39, 0.29) is 0 Å². The molecule has 0 saturated carbocycles. The van der Waals surface area contributed by atoms with Gasteiger partial charge in [-0.1, -0.05) is 12.1 Å². The number of furan rings is 1. The Bertz CT molecular complexity index is 713. The zero-order valence-corrected chi connectivity index (χ0v) is 11.1. The molecular weight excluding hydrogens is 329 g/mol. The number of hydrogen-bond donors (Lipinski definition) is 1. The number of halogens is 5. The van der Waals surface area contributed by atoms with Crippen LogP contribution in [0.15, 0.2) is 47.1 Å². The first-order valence-corrected chi connectivity index (χ1v) is 5.98. The van der Waals surface area contributed by atoms with E-state index in [1.807, 2.05) is 0 Å². The number of alkyl halides is 5. The number of nitro benzene ring substituents is 1. The van der Waals surface area contributed by atoms with Gasteiger partial charge in [0.15, 0.2) is 0 Å². The van der Waals surface area contributed by atoms with Crippen molar-refractivity contribution in [3.63, 3.8) is 0 Å². The molecule has 0 saturated heterocycles. The van der Waals surface area contributed by atoms with Crippen molar-refractivity contribution < 1.29 is 36.4 Å². The summed E-state index contributed by atoms with van der Waals surface area (Å²) in [4.78, 5) is 9.78. The summed E-state index contributed by atoms with van der Waals surface area (Å²) in [7, 11) is 0. The molecule has 0 bridgehead atoms. The van der Waals surface area contributed by atoms with Crippen LogP contribution in [0.1, 0.15) is 11.3 Å². The molecule has 1 aromatic heterocycles. The van der Waals surface area contributed by atoms with Gasteiger partial charge in [0.1, 0.15) is 5.76 Å². The molecule has 1 atom stereocenters. The highest BCUT2D eigenvalue weighted by Gasteiger charge is 2.73. The predicted octanol–water partition coefficient (Wildman–Crippen LogP) is 3.62. The third kappa shape index (κ3) is 2.44. The van der Waals surface area contributed by atoms with E-state index >= 15 is 0 Å². The second kappa shape index (κ2) is 5.30. The summed E-state index contributed by atoms with van der Waals surface area (Å²) < 4.78 is 71.0. The molecule has 0 aliphatic rings. The lowest BCUT2D eigenvalue weighted by atomic mass is 9.83. The summed E-state index contributed by atoms with van der Waals surface area (Å²) in [6.07, 6.45) is -5.42. The topological polar surface area (TPSA) is 76.5 Å². The fourth-order valence-corrected chi connectivity index (χ4v) is 2.08. The van der Waals surface area contributed by atoms with E-state index in [0.29, 0.717) is 18.2 Å². The Labute approximate surface area is 125 Å². The molecule has 0 radical (unpaired) electrons. The van der Waals surface area contributed by atoms with E-state index in [2.05, 4.69) is 4.42 Å². The molecule has 1 heterocycles. The molecule has 23 heavy (non-hydrogen) atoms. The van der Waals surface area contributed by atoms with Gasteiger partial charge in [-0.25, -0.2) is 0 Å². The van der Waals surface area contributed by atoms with Crippen LogP contribution in [0.4, 0.5) is 27.6 Å². The van der Waals surface area contributed by atoms with Crippen molar-refractivity contribution in [2.75, 3.05) is 0 Å². The number of hydrogen-bond acceptors (Lipinski definition) is 4. The highest BCUT2D eigenvalue weighted by atomic mass is 19.4. The Kier molecular flexibility index (Phi) is 3.89. The van der Waals surface area contributed by atoms with Gasteiger partial charge in [0.25, 0.3) is 5.69 Å². The second-order valence-corrected chi connectivity index (χ2v) is 4.53. The van der Waals surface area contributed by atoms with Gasteiger partial charge in [0.2, 0.25) is 5.60 Å². The van der Waals surface area contributed by atoms with Crippen molar-refractivity contribution in [2.24, 2.45) is 0 Å². The van der Waals surface area contributed by atoms with Crippen molar-refractivity contribution in [3.8, 4) is 0 Å². The van der Waals surface area contributed by atoms with Gasteiger partial charge in [-0.3, -0.25) is 10.1 Å². The van der Waals surface area contributed by atoms with Crippen LogP contribution >= 0.6 is 0 Å². The lowest BCUT2D eigenvalue weighted by Crippen LogP contribution is -2.55. The summed E-state index contributed by atoms with van der Waals surface area (Å²) in [6.45, 7) is 0. The maximum Gasteiger partial charge on any atom is 0.457 e. The van der Waals surface area contributed by atoms with Crippen LogP contribution in [0.3, 0.4) is 0 Å². The molecule has 0 aliphatic carbocycles. The Balaban J connectivity index is 2.84. The van der Waals surface area contributed by atoms with Gasteiger partial charge in [-0.2, -0.15) is 22.0 Å². The van der Waals surface area contributed by atoms with Gasteiger partial charge in [0, 0.05) is 6.07 Å². The molecular formula is C13H8F5NO4. The van der Waals surface area contributed by atoms with E-state index in [0.717, 1.165) is 24.5 Å². The number of para-hydroxylation sites is 1. The van der Waals surface area contributed by atoms with Gasteiger partial charge in [-0.05, 0) is 18.2 Å². The summed E-state index contributed by atoms with van der Waals surface area (Å²) in [5.74, 6) is -6.92. The van der Waals surface area contributed by atoms with Gasteiger partial charge < -0.3 is 9.52 Å². The van der Waals surface area contributed by atoms with E-state index < -0.39 is 39.6 Å². The third-order valence-electron chi connectivity index (χ3n) is 3.18. The molecule has 1 unspecified atom stereocenters. The zero-order chi connectivity index (χ0) is 17.5. The number of nitrogens with zero attached hydrogens (tertiary/aromatic N) is 1. The average Bonchev–Trinajstić information content (AvgIpc) is 2.99. The van der Waals surface area contributed by atoms with Crippen LogP contribution in [0.25, 0.3) is 0 Å². The van der Waals surface area contributed by atoms with Crippen LogP contribution in [-0.4, -0.2) is 22.1 Å². The fraction of sp³-hybridized carbons (Fsp3) is 0.231. The van der Waals surface area contributed by atoms with Crippen molar-refractivity contribution in [2.45, 2.75) is 17.7 Å². The van der Waals surface area contributed by atoms with E-state index in [4.69, 9.17) is 0 Å². The largest absolute Gasteiger partial charge is 0.466 e. The zero-order valence-electron chi connectivity index (χ0n) is 11.1. The smallest absolute Gasteiger partial charge is 0.457 e. The van der Waals surface area contributed by atoms with E-state index in [9.17, 15) is 37.2 Å². The molecule has 1 aromatic carbocycles. The molecule has 0 fully saturated rings. The first-order valence-electron chi connectivity index (χ1n) is 5.98. The van der Waals surface area contributed by atoms with Crippen molar-refractivity contribution >= 4 is 5.69 Å². The van der Waals surface area contributed by atoms with Crippen molar-refractivity contribution in [1.29, 1.82) is 0 Å². The molecule has 1 N–H and O–H groups in total. The van der Waals surface area contributed by atoms with E-state index in [1.54, 1.807) is 0 Å². The van der Waals surface area contributed by atoms with Crippen LogP contribution < -0.4 is 0 Å². The molecule has 10 heteroatoms. The van der Waals surface area contributed by atoms with Crippen molar-refractivity contribution in [1.82, 2.24) is 0 Å².